The third-order valence-electron chi connectivity index (χ3n) is 3.41. The maximum absolute atomic E-state index is 12.9. The Labute approximate surface area is 148 Å². The lowest BCUT2D eigenvalue weighted by molar-refractivity contribution is -0.392. The Bertz CT molecular complexity index is 894. The van der Waals surface area contributed by atoms with Crippen LogP contribution < -0.4 is 5.32 Å². The van der Waals surface area contributed by atoms with E-state index in [1.807, 2.05) is 0 Å². The predicted octanol–water partition coefficient (Wildman–Crippen LogP) is 4.05. The van der Waals surface area contributed by atoms with E-state index in [1.54, 1.807) is 0 Å². The SMILES string of the molecule is COC(=O)c1ccccc1Nc1c([N+](=O)[O-])cc(C(F)(F)F)cc1[N+](=O)[O-]. The van der Waals surface area contributed by atoms with E-state index < -0.39 is 44.6 Å². The fourth-order valence-electron chi connectivity index (χ4n) is 2.21. The Morgan fingerprint density at radius 1 is 1.07 bits per heavy atom. The van der Waals surface area contributed by atoms with Crippen molar-refractivity contribution in [2.24, 2.45) is 0 Å². The zero-order valence-corrected chi connectivity index (χ0v) is 13.4. The lowest BCUT2D eigenvalue weighted by atomic mass is 10.1. The van der Waals surface area contributed by atoms with Crippen LogP contribution in [0.4, 0.5) is 35.9 Å². The van der Waals surface area contributed by atoms with Gasteiger partial charge in [-0.05, 0) is 12.1 Å². The van der Waals surface area contributed by atoms with E-state index >= 15 is 0 Å². The zero-order chi connectivity index (χ0) is 20.4. The molecular weight excluding hydrogens is 375 g/mol. The third-order valence-corrected chi connectivity index (χ3v) is 3.41. The maximum Gasteiger partial charge on any atom is 0.416 e. The molecule has 0 bridgehead atoms. The summed E-state index contributed by atoms with van der Waals surface area (Å²) in [6, 6.07) is 5.74. The van der Waals surface area contributed by atoms with Crippen molar-refractivity contribution in [1.82, 2.24) is 0 Å². The minimum atomic E-state index is -5.03. The van der Waals surface area contributed by atoms with E-state index in [0.29, 0.717) is 0 Å². The number of ether oxygens (including phenoxy) is 1. The highest BCUT2D eigenvalue weighted by Crippen LogP contribution is 2.42. The molecule has 0 radical (unpaired) electrons. The van der Waals surface area contributed by atoms with Gasteiger partial charge < -0.3 is 10.1 Å². The molecule has 0 saturated carbocycles. The van der Waals surface area contributed by atoms with Crippen LogP contribution in [0, 0.1) is 20.2 Å². The third kappa shape index (κ3) is 4.11. The van der Waals surface area contributed by atoms with Crippen LogP contribution >= 0.6 is 0 Å². The van der Waals surface area contributed by atoms with E-state index in [4.69, 9.17) is 0 Å². The zero-order valence-electron chi connectivity index (χ0n) is 13.4. The summed E-state index contributed by atoms with van der Waals surface area (Å²) in [6.45, 7) is 0. The van der Waals surface area contributed by atoms with E-state index in [1.165, 1.54) is 24.3 Å². The minimum absolute atomic E-state index is 0.115. The molecule has 142 valence electrons. The van der Waals surface area contributed by atoms with Crippen LogP contribution in [0.15, 0.2) is 36.4 Å². The Morgan fingerprint density at radius 3 is 2.04 bits per heavy atom. The summed E-state index contributed by atoms with van der Waals surface area (Å²) in [5, 5.41) is 24.8. The van der Waals surface area contributed by atoms with Gasteiger partial charge in [-0.3, -0.25) is 20.2 Å². The van der Waals surface area contributed by atoms with Crippen LogP contribution in [-0.2, 0) is 10.9 Å². The molecule has 0 spiro atoms. The Kier molecular flexibility index (Phi) is 5.28. The highest BCUT2D eigenvalue weighted by Gasteiger charge is 2.38. The normalized spacial score (nSPS) is 11.0. The number of hydrogen-bond acceptors (Lipinski definition) is 7. The summed E-state index contributed by atoms with van der Waals surface area (Å²) >= 11 is 0. The first-order valence-corrected chi connectivity index (χ1v) is 7.04. The number of nitro groups is 2. The van der Waals surface area contributed by atoms with Crippen molar-refractivity contribution in [1.29, 1.82) is 0 Å². The van der Waals surface area contributed by atoms with Crippen molar-refractivity contribution in [3.63, 3.8) is 0 Å². The number of methoxy groups -OCH3 is 1. The molecule has 0 atom stereocenters. The number of alkyl halides is 3. The molecule has 9 nitrogen and oxygen atoms in total. The van der Waals surface area contributed by atoms with Crippen molar-refractivity contribution in [2.45, 2.75) is 6.18 Å². The molecule has 12 heteroatoms. The second-order valence-corrected chi connectivity index (χ2v) is 5.06. The molecular formula is C15H10F3N3O6. The van der Waals surface area contributed by atoms with Crippen LogP contribution in [0.5, 0.6) is 0 Å². The molecule has 0 aliphatic rings. The van der Waals surface area contributed by atoms with Crippen LogP contribution in [0.1, 0.15) is 15.9 Å². The molecule has 1 N–H and O–H groups in total. The standard InChI is InChI=1S/C15H10F3N3O6/c1-27-14(22)9-4-2-3-5-10(9)19-13-11(20(23)24)6-8(15(16,17)18)7-12(13)21(25)26/h2-7,19H,1H3. The number of anilines is 2. The van der Waals surface area contributed by atoms with Gasteiger partial charge in [0.1, 0.15) is 0 Å². The van der Waals surface area contributed by atoms with Crippen molar-refractivity contribution in [3.8, 4) is 0 Å². The summed E-state index contributed by atoms with van der Waals surface area (Å²) in [5.41, 5.74) is -4.92. The molecule has 0 aliphatic carbocycles. The summed E-state index contributed by atoms with van der Waals surface area (Å²) in [7, 11) is 1.07. The van der Waals surface area contributed by atoms with Gasteiger partial charge in [-0.1, -0.05) is 12.1 Å². The van der Waals surface area contributed by atoms with Gasteiger partial charge in [-0.2, -0.15) is 13.2 Å². The van der Waals surface area contributed by atoms with Gasteiger partial charge in [0, 0.05) is 12.1 Å². The largest absolute Gasteiger partial charge is 0.465 e. The molecule has 0 aliphatic heterocycles. The number of nitrogens with zero attached hydrogens (tertiary/aromatic N) is 2. The number of benzene rings is 2. The number of esters is 1. The molecule has 0 amide bonds. The number of carbonyl (C=O) groups excluding carboxylic acids is 1. The highest BCUT2D eigenvalue weighted by atomic mass is 19.4. The van der Waals surface area contributed by atoms with Gasteiger partial charge in [0.2, 0.25) is 0 Å². The van der Waals surface area contributed by atoms with Gasteiger partial charge in [-0.15, -0.1) is 0 Å². The number of halogens is 3. The van der Waals surface area contributed by atoms with Crippen molar-refractivity contribution in [2.75, 3.05) is 12.4 Å². The lowest BCUT2D eigenvalue weighted by Gasteiger charge is -2.13. The second-order valence-electron chi connectivity index (χ2n) is 5.06. The first kappa shape index (κ1) is 19.6. The Morgan fingerprint density at radius 2 is 1.59 bits per heavy atom. The molecule has 0 saturated heterocycles. The topological polar surface area (TPSA) is 125 Å². The molecule has 0 fully saturated rings. The average molecular weight is 385 g/mol. The van der Waals surface area contributed by atoms with Gasteiger partial charge in [0.15, 0.2) is 5.69 Å². The average Bonchev–Trinajstić information content (AvgIpc) is 2.60. The first-order valence-electron chi connectivity index (χ1n) is 7.04. The van der Waals surface area contributed by atoms with Crippen molar-refractivity contribution in [3.05, 3.63) is 67.8 Å². The predicted molar refractivity (Wildman–Crippen MR) is 85.8 cm³/mol. The van der Waals surface area contributed by atoms with Crippen LogP contribution in [-0.4, -0.2) is 22.9 Å². The fraction of sp³-hybridized carbons (Fsp3) is 0.133. The quantitative estimate of drug-likeness (QED) is 0.467. The molecule has 0 unspecified atom stereocenters. The molecule has 0 aromatic heterocycles. The lowest BCUT2D eigenvalue weighted by Crippen LogP contribution is -2.11. The Balaban J connectivity index is 2.72. The monoisotopic (exact) mass is 385 g/mol. The molecule has 0 heterocycles. The molecule has 2 aromatic carbocycles. The number of nitrogens with one attached hydrogen (secondary N) is 1. The van der Waals surface area contributed by atoms with Crippen molar-refractivity contribution < 1.29 is 32.5 Å². The van der Waals surface area contributed by atoms with Gasteiger partial charge in [0.25, 0.3) is 11.4 Å². The second kappa shape index (κ2) is 7.27. The number of para-hydroxylation sites is 1. The summed E-state index contributed by atoms with van der Waals surface area (Å²) in [6.07, 6.45) is -5.03. The maximum atomic E-state index is 12.9. The number of rotatable bonds is 5. The summed E-state index contributed by atoms with van der Waals surface area (Å²) < 4.78 is 43.3. The molecule has 27 heavy (non-hydrogen) atoms. The van der Waals surface area contributed by atoms with Crippen LogP contribution in [0.25, 0.3) is 0 Å². The molecule has 2 rings (SSSR count). The number of carbonyl (C=O) groups is 1. The van der Waals surface area contributed by atoms with Gasteiger partial charge in [0.05, 0.1) is 33.8 Å². The van der Waals surface area contributed by atoms with E-state index in [9.17, 15) is 38.2 Å². The smallest absolute Gasteiger partial charge is 0.416 e. The van der Waals surface area contributed by atoms with Crippen molar-refractivity contribution >= 4 is 28.7 Å². The van der Waals surface area contributed by atoms with Gasteiger partial charge in [-0.25, -0.2) is 4.79 Å². The Hall–Kier alpha value is -3.70. The van der Waals surface area contributed by atoms with Crippen LogP contribution in [0.2, 0.25) is 0 Å². The van der Waals surface area contributed by atoms with Gasteiger partial charge >= 0.3 is 12.1 Å². The van der Waals surface area contributed by atoms with E-state index in [0.717, 1.165) is 7.11 Å². The summed E-state index contributed by atoms with van der Waals surface area (Å²) in [5.74, 6) is -0.852. The first-order chi connectivity index (χ1) is 12.6. The van der Waals surface area contributed by atoms with Crippen LogP contribution in [0.3, 0.4) is 0 Å². The number of hydrogen-bond donors (Lipinski definition) is 1. The molecule has 2 aromatic rings. The van der Waals surface area contributed by atoms with E-state index in [2.05, 4.69) is 10.1 Å². The highest BCUT2D eigenvalue weighted by molar-refractivity contribution is 5.97. The minimum Gasteiger partial charge on any atom is -0.465 e. The summed E-state index contributed by atoms with van der Waals surface area (Å²) in [4.78, 5) is 31.8. The number of nitro benzene ring substituents is 2. The fourth-order valence-corrected chi connectivity index (χ4v) is 2.21. The van der Waals surface area contributed by atoms with E-state index in [-0.39, 0.29) is 23.4 Å².